The fourth-order valence-corrected chi connectivity index (χ4v) is 8.54. The molecular formula is C45H69N11O12S. The van der Waals surface area contributed by atoms with Crippen LogP contribution in [0.25, 0.3) is 0 Å². The van der Waals surface area contributed by atoms with Crippen LogP contribution in [0.15, 0.2) is 24.3 Å². The number of carbonyl (C=O) groups is 11. The second-order valence-corrected chi connectivity index (χ2v) is 18.3. The van der Waals surface area contributed by atoms with Crippen molar-refractivity contribution in [3.05, 3.63) is 29.8 Å². The van der Waals surface area contributed by atoms with Gasteiger partial charge in [-0.15, -0.1) is 0 Å². The molecule has 0 bridgehead atoms. The Morgan fingerprint density at radius 1 is 0.855 bits per heavy atom. The van der Waals surface area contributed by atoms with E-state index < -0.39 is 152 Å². The third-order valence-electron chi connectivity index (χ3n) is 11.5. The van der Waals surface area contributed by atoms with E-state index in [4.69, 9.17) is 26.1 Å². The third kappa shape index (κ3) is 18.9. The van der Waals surface area contributed by atoms with Crippen LogP contribution in [-0.4, -0.2) is 144 Å². The molecule has 24 heteroatoms. The quantitative estimate of drug-likeness (QED) is 0.0728. The van der Waals surface area contributed by atoms with E-state index in [0.29, 0.717) is 17.7 Å². The van der Waals surface area contributed by atoms with Gasteiger partial charge in [0, 0.05) is 35.7 Å². The van der Waals surface area contributed by atoms with Crippen LogP contribution in [0.1, 0.15) is 95.1 Å². The van der Waals surface area contributed by atoms with Gasteiger partial charge >= 0.3 is 0 Å². The predicted octanol–water partition coefficient (Wildman–Crippen LogP) is -2.50. The SMILES string of the molecule is [2H]C([2H])([2H])[C@H](C)C[C@H](NC(=O)[C@@H]1CCCN1C(=O)[C@@H]1CSCCCC(=O)N[C@@H](Cc2ccc(OC)cc2)C(=O)N[C@@H]([C@@H](C)CC)C(=O)N[C@@H](CCC(N)=O)C(=O)N[C@@H](CC(N)=O)C(=O)N1)C(=O)NCC(N)=O. The molecule has 11 amide bonds. The molecule has 0 unspecified atom stereocenters. The molecule has 2 heterocycles. The highest BCUT2D eigenvalue weighted by atomic mass is 32.2. The first-order valence-electron chi connectivity index (χ1n) is 24.3. The molecule has 0 aromatic heterocycles. The summed E-state index contributed by atoms with van der Waals surface area (Å²) in [6.07, 6.45) is -1.19. The second kappa shape index (κ2) is 28.1. The lowest BCUT2D eigenvalue weighted by Gasteiger charge is -2.31. The first-order chi connectivity index (χ1) is 33.8. The van der Waals surface area contributed by atoms with Crippen molar-refractivity contribution in [3.8, 4) is 5.75 Å². The number of carbonyl (C=O) groups excluding carboxylic acids is 11. The van der Waals surface area contributed by atoms with Crippen molar-refractivity contribution in [1.29, 1.82) is 0 Å². The van der Waals surface area contributed by atoms with Crippen molar-refractivity contribution in [2.24, 2.45) is 29.0 Å². The maximum atomic E-state index is 14.5. The van der Waals surface area contributed by atoms with Crippen LogP contribution in [0, 0.1) is 11.8 Å². The number of benzene rings is 1. The molecule has 13 N–H and O–H groups in total. The molecule has 0 saturated carbocycles. The van der Waals surface area contributed by atoms with Crippen LogP contribution in [0.2, 0.25) is 0 Å². The van der Waals surface area contributed by atoms with E-state index in [9.17, 15) is 52.7 Å². The molecule has 9 atom stereocenters. The fraction of sp³-hybridized carbons (Fsp3) is 0.622. The Kier molecular flexibility index (Phi) is 21.2. The lowest BCUT2D eigenvalue weighted by Crippen LogP contribution is -2.61. The van der Waals surface area contributed by atoms with Crippen molar-refractivity contribution in [2.45, 2.75) is 134 Å². The van der Waals surface area contributed by atoms with Crippen LogP contribution in [-0.2, 0) is 59.2 Å². The average molecular weight is 991 g/mol. The lowest BCUT2D eigenvalue weighted by atomic mass is 9.96. The molecule has 3 rings (SSSR count). The lowest BCUT2D eigenvalue weighted by molar-refractivity contribution is -0.142. The van der Waals surface area contributed by atoms with E-state index in [2.05, 4.69) is 37.2 Å². The molecular weight excluding hydrogens is 919 g/mol. The van der Waals surface area contributed by atoms with Gasteiger partial charge in [-0.1, -0.05) is 46.2 Å². The first-order valence-corrected chi connectivity index (χ1v) is 23.9. The van der Waals surface area contributed by atoms with Gasteiger partial charge in [-0.3, -0.25) is 52.7 Å². The van der Waals surface area contributed by atoms with Gasteiger partial charge < -0.3 is 64.1 Å². The smallest absolute Gasteiger partial charge is 0.246 e. The summed E-state index contributed by atoms with van der Waals surface area (Å²) < 4.78 is 28.6. The first kappa shape index (κ1) is 51.9. The zero-order valence-electron chi connectivity index (χ0n) is 42.4. The minimum Gasteiger partial charge on any atom is -0.497 e. The number of hydrogen-bond acceptors (Lipinski definition) is 13. The van der Waals surface area contributed by atoms with Crippen LogP contribution < -0.4 is 59.2 Å². The van der Waals surface area contributed by atoms with Crippen molar-refractivity contribution in [1.82, 2.24) is 42.1 Å². The van der Waals surface area contributed by atoms with E-state index in [0.717, 1.165) is 16.7 Å². The topological polar surface area (TPSA) is 363 Å². The summed E-state index contributed by atoms with van der Waals surface area (Å²) in [5, 5.41) is 17.7. The highest BCUT2D eigenvalue weighted by molar-refractivity contribution is 7.99. The summed E-state index contributed by atoms with van der Waals surface area (Å²) in [6.45, 7) is 1.64. The zero-order chi connectivity index (χ0) is 53.9. The van der Waals surface area contributed by atoms with Gasteiger partial charge in [-0.2, -0.15) is 11.8 Å². The number of likely N-dealkylation sites (tertiary alicyclic amines) is 1. The van der Waals surface area contributed by atoms with Crippen molar-refractivity contribution in [2.75, 3.05) is 31.7 Å². The number of nitrogens with zero attached hydrogens (tertiary/aromatic N) is 1. The fourth-order valence-electron chi connectivity index (χ4n) is 7.57. The van der Waals surface area contributed by atoms with Crippen LogP contribution in [0.5, 0.6) is 5.75 Å². The molecule has 2 aliphatic heterocycles. The molecule has 23 nitrogen and oxygen atoms in total. The van der Waals surface area contributed by atoms with Gasteiger partial charge in [0.2, 0.25) is 65.0 Å². The van der Waals surface area contributed by atoms with Crippen molar-refractivity contribution >= 4 is 76.7 Å². The third-order valence-corrected chi connectivity index (χ3v) is 12.6. The summed E-state index contributed by atoms with van der Waals surface area (Å²) in [4.78, 5) is 148. The van der Waals surface area contributed by atoms with Gasteiger partial charge in [-0.05, 0) is 67.4 Å². The number of nitrogens with two attached hydrogens (primary N) is 3. The molecule has 69 heavy (non-hydrogen) atoms. The van der Waals surface area contributed by atoms with Gasteiger partial charge in [0.1, 0.15) is 48.0 Å². The standard InChI is InChI=1S/C45H69N11O12S/c1-6-25(4)38-44(66)51-28(15-16-34(46)57)40(62)52-31(21-35(47)58)41(63)54-32(23-69-18-8-10-37(60)50-30(42(64)55-38)20-26-11-13-27(68-5)14-12-26)45(67)56-17-7-9-33(56)43(65)53-29(19-24(2)3)39(61)49-22-36(48)59/h11-14,24-25,28-33,38H,6-10,15-23H2,1-5H3,(H2,46,57)(H2,47,58)(H2,48,59)(H,49,61)(H,50,60)(H,51,66)(H,52,62)(H,53,65)(H,54,63)(H,55,64)/t25-,28-,29-,30-,31-,32-,33-,38-/m0/s1/i2D3/t24-,25+,28+,29+,30+,31+,32+,33+,38+/m1. The number of amides is 11. The second-order valence-electron chi connectivity index (χ2n) is 17.2. The van der Waals surface area contributed by atoms with Crippen LogP contribution >= 0.6 is 11.8 Å². The molecule has 2 fully saturated rings. The molecule has 0 radical (unpaired) electrons. The summed E-state index contributed by atoms with van der Waals surface area (Å²) >= 11 is 1.13. The Morgan fingerprint density at radius 3 is 2.14 bits per heavy atom. The monoisotopic (exact) mass is 991 g/mol. The maximum Gasteiger partial charge on any atom is 0.246 e. The van der Waals surface area contributed by atoms with Crippen LogP contribution in [0.4, 0.5) is 0 Å². The van der Waals surface area contributed by atoms with Crippen molar-refractivity contribution < 1.29 is 61.6 Å². The normalized spacial score (nSPS) is 24.4. The van der Waals surface area contributed by atoms with E-state index in [1.165, 1.54) is 14.0 Å². The maximum absolute atomic E-state index is 14.5. The van der Waals surface area contributed by atoms with Crippen LogP contribution in [0.3, 0.4) is 0 Å². The molecule has 382 valence electrons. The average Bonchev–Trinajstić information content (AvgIpc) is 3.82. The molecule has 0 spiro atoms. The van der Waals surface area contributed by atoms with E-state index in [-0.39, 0.29) is 56.6 Å². The Bertz CT molecular complexity index is 2140. The Hall–Kier alpha value is -6.46. The van der Waals surface area contributed by atoms with Gasteiger partial charge in [-0.25, -0.2) is 0 Å². The molecule has 0 aliphatic carbocycles. The summed E-state index contributed by atoms with van der Waals surface area (Å²) in [5.41, 5.74) is 16.7. The molecule has 1 aromatic carbocycles. The minimum atomic E-state index is -2.53. The number of rotatable bonds is 18. The van der Waals surface area contributed by atoms with E-state index in [1.54, 1.807) is 38.1 Å². The Labute approximate surface area is 410 Å². The number of ether oxygens (including phenoxy) is 1. The minimum absolute atomic E-state index is 0.000426. The molecule has 1 aromatic rings. The van der Waals surface area contributed by atoms with E-state index >= 15 is 0 Å². The van der Waals surface area contributed by atoms with Gasteiger partial charge in [0.05, 0.1) is 20.1 Å². The predicted molar refractivity (Wildman–Crippen MR) is 253 cm³/mol. The largest absolute Gasteiger partial charge is 0.497 e. The van der Waals surface area contributed by atoms with E-state index in [1.807, 2.05) is 0 Å². The number of nitrogens with one attached hydrogen (secondary N) is 7. The summed E-state index contributed by atoms with van der Waals surface area (Å²) in [7, 11) is 1.49. The number of primary amides is 3. The van der Waals surface area contributed by atoms with Gasteiger partial charge in [0.15, 0.2) is 0 Å². The number of thioether (sulfide) groups is 1. The highest BCUT2D eigenvalue weighted by Gasteiger charge is 2.40. The highest BCUT2D eigenvalue weighted by Crippen LogP contribution is 2.22. The zero-order valence-corrected chi connectivity index (χ0v) is 40.2. The summed E-state index contributed by atoms with van der Waals surface area (Å²) in [6, 6.07) is -3.24. The van der Waals surface area contributed by atoms with Gasteiger partial charge in [0.25, 0.3) is 0 Å². The molecule has 2 saturated heterocycles. The Morgan fingerprint density at radius 2 is 1.52 bits per heavy atom. The number of hydrogen-bond donors (Lipinski definition) is 10. The van der Waals surface area contributed by atoms with Crippen molar-refractivity contribution in [3.63, 3.8) is 0 Å². The molecule has 2 aliphatic rings. The Balaban J connectivity index is 2.04. The summed E-state index contributed by atoms with van der Waals surface area (Å²) in [5.74, 6) is -10.6. The number of methoxy groups -OCH3 is 1.